The molecule has 0 fully saturated rings. The lowest BCUT2D eigenvalue weighted by Crippen LogP contribution is -2.21. The Balaban J connectivity index is 1.60. The van der Waals surface area contributed by atoms with Gasteiger partial charge in [0.2, 0.25) is 0 Å². The average Bonchev–Trinajstić information content (AvgIpc) is 2.73. The molecular weight excluding hydrogens is 358 g/mol. The van der Waals surface area contributed by atoms with Crippen molar-refractivity contribution in [1.82, 2.24) is 0 Å². The van der Waals surface area contributed by atoms with E-state index < -0.39 is 11.9 Å². The van der Waals surface area contributed by atoms with Gasteiger partial charge in [-0.25, -0.2) is 4.79 Å². The molecule has 0 aliphatic heterocycles. The summed E-state index contributed by atoms with van der Waals surface area (Å²) in [5.41, 5.74) is 2.26. The van der Waals surface area contributed by atoms with Crippen LogP contribution in [0, 0.1) is 0 Å². The van der Waals surface area contributed by atoms with Crippen LogP contribution in [0.25, 0.3) is 11.1 Å². The molecule has 1 amide bonds. The summed E-state index contributed by atoms with van der Waals surface area (Å²) in [5, 5.41) is 11.7. The first kappa shape index (κ1) is 19.0. The highest BCUT2D eigenvalue weighted by atomic mass is 16.5. The van der Waals surface area contributed by atoms with Crippen molar-refractivity contribution in [3.8, 4) is 22.6 Å². The average molecular weight is 377 g/mol. The Morgan fingerprint density at radius 2 is 1.64 bits per heavy atom. The van der Waals surface area contributed by atoms with Crippen molar-refractivity contribution < 1.29 is 24.2 Å². The van der Waals surface area contributed by atoms with Crippen molar-refractivity contribution in [2.45, 2.75) is 0 Å². The number of ether oxygens (including phenoxy) is 2. The van der Waals surface area contributed by atoms with Crippen LogP contribution in [-0.2, 0) is 4.79 Å². The van der Waals surface area contributed by atoms with E-state index in [2.05, 4.69) is 5.32 Å². The molecule has 3 rings (SSSR count). The topological polar surface area (TPSA) is 84.9 Å². The molecule has 3 aromatic rings. The van der Waals surface area contributed by atoms with E-state index >= 15 is 0 Å². The maximum absolute atomic E-state index is 12.1. The standard InChI is InChI=1S/C22H19NO5/c1-27-18-6-4-5-16(13-18)15-9-11-17(12-10-15)28-14-21(24)23-20-8-3-2-7-19(20)22(25)26/h2-13H,14H2,1H3,(H,23,24)(H,25,26). The second kappa shape index (κ2) is 8.73. The number of carboxylic acids is 1. The zero-order valence-electron chi connectivity index (χ0n) is 15.2. The van der Waals surface area contributed by atoms with Crippen molar-refractivity contribution in [3.63, 3.8) is 0 Å². The number of carboxylic acid groups (broad SMARTS) is 1. The van der Waals surface area contributed by atoms with Crippen LogP contribution in [0.2, 0.25) is 0 Å². The molecule has 0 saturated carbocycles. The molecule has 0 aromatic heterocycles. The number of anilines is 1. The lowest BCUT2D eigenvalue weighted by Gasteiger charge is -2.10. The van der Waals surface area contributed by atoms with E-state index in [0.717, 1.165) is 16.9 Å². The predicted molar refractivity (Wildman–Crippen MR) is 106 cm³/mol. The summed E-state index contributed by atoms with van der Waals surface area (Å²) in [6, 6.07) is 21.2. The highest BCUT2D eigenvalue weighted by Crippen LogP contribution is 2.25. The van der Waals surface area contributed by atoms with Crippen molar-refractivity contribution in [3.05, 3.63) is 78.4 Å². The second-order valence-electron chi connectivity index (χ2n) is 5.94. The summed E-state index contributed by atoms with van der Waals surface area (Å²) >= 11 is 0. The molecule has 0 aliphatic carbocycles. The molecule has 6 nitrogen and oxygen atoms in total. The Bertz CT molecular complexity index is 982. The molecule has 142 valence electrons. The van der Waals surface area contributed by atoms with Crippen LogP contribution >= 0.6 is 0 Å². The first-order valence-electron chi connectivity index (χ1n) is 8.56. The van der Waals surface area contributed by atoms with Gasteiger partial charge in [0.25, 0.3) is 5.91 Å². The lowest BCUT2D eigenvalue weighted by atomic mass is 10.1. The lowest BCUT2D eigenvalue weighted by molar-refractivity contribution is -0.118. The summed E-state index contributed by atoms with van der Waals surface area (Å²) in [4.78, 5) is 23.3. The van der Waals surface area contributed by atoms with Crippen molar-refractivity contribution in [2.75, 3.05) is 19.0 Å². The van der Waals surface area contributed by atoms with E-state index in [0.29, 0.717) is 5.75 Å². The van der Waals surface area contributed by atoms with Crippen LogP contribution in [0.5, 0.6) is 11.5 Å². The number of amides is 1. The number of methoxy groups -OCH3 is 1. The van der Waals surface area contributed by atoms with Crippen LogP contribution in [0.1, 0.15) is 10.4 Å². The third-order valence-electron chi connectivity index (χ3n) is 4.06. The van der Waals surface area contributed by atoms with E-state index in [1.807, 2.05) is 36.4 Å². The number of hydrogen-bond acceptors (Lipinski definition) is 4. The van der Waals surface area contributed by atoms with Gasteiger partial charge in [-0.05, 0) is 47.5 Å². The summed E-state index contributed by atoms with van der Waals surface area (Å²) in [6.45, 7) is -0.230. The summed E-state index contributed by atoms with van der Waals surface area (Å²) in [5.74, 6) is -0.236. The maximum Gasteiger partial charge on any atom is 0.337 e. The monoisotopic (exact) mass is 377 g/mol. The number of benzene rings is 3. The summed E-state index contributed by atoms with van der Waals surface area (Å²) in [7, 11) is 1.62. The number of rotatable bonds is 7. The fourth-order valence-corrected chi connectivity index (χ4v) is 2.66. The maximum atomic E-state index is 12.1. The fourth-order valence-electron chi connectivity index (χ4n) is 2.66. The number of hydrogen-bond donors (Lipinski definition) is 2. The molecule has 6 heteroatoms. The molecular formula is C22H19NO5. The van der Waals surface area contributed by atoms with Gasteiger partial charge in [-0.3, -0.25) is 4.79 Å². The molecule has 0 aliphatic rings. The molecule has 0 saturated heterocycles. The number of carbonyl (C=O) groups is 2. The molecule has 0 radical (unpaired) electrons. The van der Waals surface area contributed by atoms with Gasteiger partial charge in [-0.1, -0.05) is 36.4 Å². The first-order valence-corrected chi connectivity index (χ1v) is 8.56. The molecule has 0 bridgehead atoms. The number of aromatic carboxylic acids is 1. The molecule has 0 unspecified atom stereocenters. The Hall–Kier alpha value is -3.80. The minimum absolute atomic E-state index is 0.0264. The first-order chi connectivity index (χ1) is 13.6. The highest BCUT2D eigenvalue weighted by Gasteiger charge is 2.12. The van der Waals surface area contributed by atoms with E-state index in [-0.39, 0.29) is 17.9 Å². The number of carbonyl (C=O) groups excluding carboxylic acids is 1. The minimum Gasteiger partial charge on any atom is -0.497 e. The molecule has 3 aromatic carbocycles. The van der Waals surface area contributed by atoms with Gasteiger partial charge in [0.05, 0.1) is 18.4 Å². The van der Waals surface area contributed by atoms with E-state index in [9.17, 15) is 9.59 Å². The van der Waals surface area contributed by atoms with Crippen LogP contribution < -0.4 is 14.8 Å². The van der Waals surface area contributed by atoms with Gasteiger partial charge < -0.3 is 19.9 Å². The SMILES string of the molecule is COc1cccc(-c2ccc(OCC(=O)Nc3ccccc3C(=O)O)cc2)c1. The smallest absolute Gasteiger partial charge is 0.337 e. The zero-order valence-corrected chi connectivity index (χ0v) is 15.2. The van der Waals surface area contributed by atoms with Gasteiger partial charge in [0.15, 0.2) is 6.61 Å². The van der Waals surface area contributed by atoms with Gasteiger partial charge >= 0.3 is 5.97 Å². The molecule has 0 heterocycles. The Labute approximate surface area is 162 Å². The highest BCUT2D eigenvalue weighted by molar-refractivity contribution is 6.00. The van der Waals surface area contributed by atoms with Crippen molar-refractivity contribution >= 4 is 17.6 Å². The van der Waals surface area contributed by atoms with E-state index in [1.165, 1.54) is 12.1 Å². The van der Waals surface area contributed by atoms with Crippen LogP contribution in [0.4, 0.5) is 5.69 Å². The van der Waals surface area contributed by atoms with Gasteiger partial charge in [-0.2, -0.15) is 0 Å². The Morgan fingerprint density at radius 3 is 2.36 bits per heavy atom. The van der Waals surface area contributed by atoms with E-state index in [1.54, 1.807) is 31.4 Å². The largest absolute Gasteiger partial charge is 0.497 e. The fraction of sp³-hybridized carbons (Fsp3) is 0.0909. The van der Waals surface area contributed by atoms with Gasteiger partial charge in [-0.15, -0.1) is 0 Å². The number of para-hydroxylation sites is 1. The molecule has 28 heavy (non-hydrogen) atoms. The summed E-state index contributed by atoms with van der Waals surface area (Å²) in [6.07, 6.45) is 0. The van der Waals surface area contributed by atoms with Crippen LogP contribution in [-0.4, -0.2) is 30.7 Å². The van der Waals surface area contributed by atoms with Crippen LogP contribution in [0.15, 0.2) is 72.8 Å². The van der Waals surface area contributed by atoms with Crippen molar-refractivity contribution in [2.24, 2.45) is 0 Å². The quantitative estimate of drug-likeness (QED) is 0.648. The normalized spacial score (nSPS) is 10.2. The van der Waals surface area contributed by atoms with Gasteiger partial charge in [0, 0.05) is 0 Å². The Morgan fingerprint density at radius 1 is 0.893 bits per heavy atom. The third-order valence-corrected chi connectivity index (χ3v) is 4.06. The second-order valence-corrected chi connectivity index (χ2v) is 5.94. The summed E-state index contributed by atoms with van der Waals surface area (Å²) < 4.78 is 10.7. The van der Waals surface area contributed by atoms with Gasteiger partial charge in [0.1, 0.15) is 11.5 Å². The van der Waals surface area contributed by atoms with E-state index in [4.69, 9.17) is 14.6 Å². The number of nitrogens with one attached hydrogen (secondary N) is 1. The molecule has 0 spiro atoms. The van der Waals surface area contributed by atoms with Crippen LogP contribution in [0.3, 0.4) is 0 Å². The minimum atomic E-state index is -1.11. The molecule has 0 atom stereocenters. The molecule has 2 N–H and O–H groups in total. The zero-order chi connectivity index (χ0) is 19.9. The predicted octanol–water partition coefficient (Wildman–Crippen LogP) is 4.08. The third kappa shape index (κ3) is 4.67. The Kier molecular flexibility index (Phi) is 5.91. The van der Waals surface area contributed by atoms with Crippen molar-refractivity contribution in [1.29, 1.82) is 0 Å².